The van der Waals surface area contributed by atoms with Crippen molar-refractivity contribution < 1.29 is 28.6 Å². The molecule has 1 N–H and O–H groups in total. The van der Waals surface area contributed by atoms with Gasteiger partial charge >= 0.3 is 6.03 Å². The highest BCUT2D eigenvalue weighted by atomic mass is 16.5. The van der Waals surface area contributed by atoms with Gasteiger partial charge in [-0.1, -0.05) is 30.3 Å². The third-order valence-electron chi connectivity index (χ3n) is 5.19. The van der Waals surface area contributed by atoms with E-state index in [2.05, 4.69) is 5.32 Å². The zero-order chi connectivity index (χ0) is 24.1. The molecule has 0 aliphatic carbocycles. The van der Waals surface area contributed by atoms with Crippen LogP contribution in [-0.2, 0) is 16.2 Å². The second-order valence-corrected chi connectivity index (χ2v) is 7.33. The van der Waals surface area contributed by atoms with Crippen molar-refractivity contribution in [3.05, 3.63) is 89.5 Å². The van der Waals surface area contributed by atoms with E-state index >= 15 is 0 Å². The second kappa shape index (κ2) is 9.91. The molecule has 0 aromatic heterocycles. The van der Waals surface area contributed by atoms with Crippen LogP contribution in [0.15, 0.2) is 78.4 Å². The summed E-state index contributed by atoms with van der Waals surface area (Å²) in [6.45, 7) is 0.383. The van der Waals surface area contributed by atoms with Crippen molar-refractivity contribution in [3.8, 4) is 17.2 Å². The summed E-state index contributed by atoms with van der Waals surface area (Å²) in [5.74, 6) is 0.0180. The predicted molar refractivity (Wildman–Crippen MR) is 126 cm³/mol. The van der Waals surface area contributed by atoms with Gasteiger partial charge in [-0.15, -0.1) is 0 Å². The largest absolute Gasteiger partial charge is 0.497 e. The molecule has 1 fully saturated rings. The van der Waals surface area contributed by atoms with Gasteiger partial charge < -0.3 is 14.2 Å². The molecule has 1 aliphatic heterocycles. The van der Waals surface area contributed by atoms with Crippen molar-refractivity contribution in [1.82, 2.24) is 5.32 Å². The molecule has 0 saturated carbocycles. The number of hydrogen-bond donors (Lipinski definition) is 1. The molecule has 0 spiro atoms. The molecule has 1 aliphatic rings. The summed E-state index contributed by atoms with van der Waals surface area (Å²) >= 11 is 0. The van der Waals surface area contributed by atoms with E-state index in [-0.39, 0.29) is 5.57 Å². The SMILES string of the molecule is COc1ccc(/C=C2\C(=O)NC(=O)N(c3ccc(OCc4ccccc4)cc3)C2=O)c(OC)c1. The Hall–Kier alpha value is -4.59. The summed E-state index contributed by atoms with van der Waals surface area (Å²) < 4.78 is 16.3. The summed E-state index contributed by atoms with van der Waals surface area (Å²) in [6, 6.07) is 20.3. The van der Waals surface area contributed by atoms with Crippen molar-refractivity contribution in [3.63, 3.8) is 0 Å². The molecule has 0 radical (unpaired) electrons. The summed E-state index contributed by atoms with van der Waals surface area (Å²) in [5.41, 5.74) is 1.60. The number of urea groups is 1. The monoisotopic (exact) mass is 458 g/mol. The van der Waals surface area contributed by atoms with Crippen LogP contribution >= 0.6 is 0 Å². The molecule has 172 valence electrons. The van der Waals surface area contributed by atoms with Crippen LogP contribution < -0.4 is 24.4 Å². The van der Waals surface area contributed by atoms with Gasteiger partial charge in [0.25, 0.3) is 11.8 Å². The summed E-state index contributed by atoms with van der Waals surface area (Å²) in [6.07, 6.45) is 1.38. The Morgan fingerprint density at radius 1 is 0.853 bits per heavy atom. The van der Waals surface area contributed by atoms with Crippen LogP contribution in [0.2, 0.25) is 0 Å². The highest BCUT2D eigenvalue weighted by molar-refractivity contribution is 6.39. The molecule has 0 bridgehead atoms. The number of carbonyl (C=O) groups is 3. The predicted octanol–water partition coefficient (Wildman–Crippen LogP) is 3.95. The number of hydrogen-bond acceptors (Lipinski definition) is 6. The molecule has 8 heteroatoms. The smallest absolute Gasteiger partial charge is 0.335 e. The van der Waals surface area contributed by atoms with Crippen LogP contribution in [0.3, 0.4) is 0 Å². The van der Waals surface area contributed by atoms with Gasteiger partial charge in [0, 0.05) is 11.6 Å². The number of barbiturate groups is 1. The third-order valence-corrected chi connectivity index (χ3v) is 5.19. The number of ether oxygens (including phenoxy) is 3. The van der Waals surface area contributed by atoms with Crippen LogP contribution in [0, 0.1) is 0 Å². The quantitative estimate of drug-likeness (QED) is 0.426. The first-order valence-electron chi connectivity index (χ1n) is 10.4. The molecule has 0 unspecified atom stereocenters. The molecule has 8 nitrogen and oxygen atoms in total. The lowest BCUT2D eigenvalue weighted by Gasteiger charge is -2.26. The van der Waals surface area contributed by atoms with Gasteiger partial charge in [-0.3, -0.25) is 14.9 Å². The number of imide groups is 2. The van der Waals surface area contributed by atoms with Crippen LogP contribution in [0.25, 0.3) is 6.08 Å². The normalized spacial score (nSPS) is 14.7. The van der Waals surface area contributed by atoms with E-state index in [9.17, 15) is 14.4 Å². The Morgan fingerprint density at radius 3 is 2.24 bits per heavy atom. The number of nitrogens with one attached hydrogen (secondary N) is 1. The molecule has 1 heterocycles. The second-order valence-electron chi connectivity index (χ2n) is 7.33. The molecule has 0 atom stereocenters. The van der Waals surface area contributed by atoms with Gasteiger partial charge in [0.15, 0.2) is 0 Å². The van der Waals surface area contributed by atoms with Crippen LogP contribution in [0.4, 0.5) is 10.5 Å². The van der Waals surface area contributed by atoms with Crippen molar-refractivity contribution in [2.45, 2.75) is 6.61 Å². The van der Waals surface area contributed by atoms with Gasteiger partial charge in [-0.2, -0.15) is 0 Å². The summed E-state index contributed by atoms with van der Waals surface area (Å²) in [4.78, 5) is 39.0. The lowest BCUT2D eigenvalue weighted by Crippen LogP contribution is -2.54. The van der Waals surface area contributed by atoms with Crippen LogP contribution in [-0.4, -0.2) is 32.1 Å². The molecule has 1 saturated heterocycles. The summed E-state index contributed by atoms with van der Waals surface area (Å²) in [5, 5.41) is 2.21. The Bertz CT molecular complexity index is 1250. The van der Waals surface area contributed by atoms with E-state index in [1.807, 2.05) is 30.3 Å². The van der Waals surface area contributed by atoms with Crippen LogP contribution in [0.5, 0.6) is 17.2 Å². The zero-order valence-corrected chi connectivity index (χ0v) is 18.6. The van der Waals surface area contributed by atoms with Gasteiger partial charge in [0.2, 0.25) is 0 Å². The Morgan fingerprint density at radius 2 is 1.56 bits per heavy atom. The average molecular weight is 458 g/mol. The third kappa shape index (κ3) is 4.75. The Balaban J connectivity index is 1.57. The summed E-state index contributed by atoms with van der Waals surface area (Å²) in [7, 11) is 2.99. The number of methoxy groups -OCH3 is 2. The fraction of sp³-hybridized carbons (Fsp3) is 0.115. The van der Waals surface area contributed by atoms with Gasteiger partial charge in [0.1, 0.15) is 29.4 Å². The molecule has 3 aromatic rings. The maximum Gasteiger partial charge on any atom is 0.335 e. The van der Waals surface area contributed by atoms with Crippen molar-refractivity contribution in [2.75, 3.05) is 19.1 Å². The standard InChI is InChI=1S/C26H22N2O6/c1-32-21-11-8-18(23(15-21)33-2)14-22-24(29)27-26(31)28(25(22)30)19-9-12-20(13-10-19)34-16-17-6-4-3-5-7-17/h3-15H,16H2,1-2H3,(H,27,29,31)/b22-14+. The minimum Gasteiger partial charge on any atom is -0.497 e. The first kappa shape index (κ1) is 22.6. The first-order valence-corrected chi connectivity index (χ1v) is 10.4. The number of carbonyl (C=O) groups excluding carboxylic acids is 3. The van der Waals surface area contributed by atoms with E-state index in [1.54, 1.807) is 42.5 Å². The van der Waals surface area contributed by atoms with Gasteiger partial charge in [-0.25, -0.2) is 9.69 Å². The number of rotatable bonds is 7. The minimum atomic E-state index is -0.827. The molecular formula is C26H22N2O6. The lowest BCUT2D eigenvalue weighted by molar-refractivity contribution is -0.122. The van der Waals surface area contributed by atoms with E-state index in [4.69, 9.17) is 14.2 Å². The zero-order valence-electron chi connectivity index (χ0n) is 18.6. The highest BCUT2D eigenvalue weighted by Crippen LogP contribution is 2.29. The van der Waals surface area contributed by atoms with Gasteiger partial charge in [0.05, 0.1) is 19.9 Å². The van der Waals surface area contributed by atoms with Crippen molar-refractivity contribution >= 4 is 29.6 Å². The van der Waals surface area contributed by atoms with E-state index in [1.165, 1.54) is 20.3 Å². The highest BCUT2D eigenvalue weighted by Gasteiger charge is 2.37. The van der Waals surface area contributed by atoms with Crippen molar-refractivity contribution in [2.24, 2.45) is 0 Å². The molecule has 3 aromatic carbocycles. The first-order chi connectivity index (χ1) is 16.5. The topological polar surface area (TPSA) is 94.2 Å². The van der Waals surface area contributed by atoms with E-state index < -0.39 is 17.8 Å². The number of amides is 4. The molecule has 34 heavy (non-hydrogen) atoms. The van der Waals surface area contributed by atoms with Gasteiger partial charge in [-0.05, 0) is 48.0 Å². The molecule has 4 rings (SSSR count). The number of benzene rings is 3. The number of nitrogens with zero attached hydrogens (tertiary/aromatic N) is 1. The lowest BCUT2D eigenvalue weighted by atomic mass is 10.1. The van der Waals surface area contributed by atoms with E-state index in [0.717, 1.165) is 10.5 Å². The maximum atomic E-state index is 13.1. The molecule has 4 amide bonds. The Labute approximate surface area is 196 Å². The Kier molecular flexibility index (Phi) is 6.59. The van der Waals surface area contributed by atoms with Crippen molar-refractivity contribution in [1.29, 1.82) is 0 Å². The number of anilines is 1. The minimum absolute atomic E-state index is 0.201. The van der Waals surface area contributed by atoms with Crippen LogP contribution in [0.1, 0.15) is 11.1 Å². The maximum absolute atomic E-state index is 13.1. The molecular weight excluding hydrogens is 436 g/mol. The fourth-order valence-corrected chi connectivity index (χ4v) is 3.42. The average Bonchev–Trinajstić information content (AvgIpc) is 2.86. The fourth-order valence-electron chi connectivity index (χ4n) is 3.42. The van der Waals surface area contributed by atoms with E-state index in [0.29, 0.717) is 35.1 Å².